The van der Waals surface area contributed by atoms with Gasteiger partial charge in [0.1, 0.15) is 6.61 Å². The first-order valence-corrected chi connectivity index (χ1v) is 6.97. The molecule has 0 saturated carbocycles. The number of methoxy groups -OCH3 is 1. The Morgan fingerprint density at radius 2 is 2.15 bits per heavy atom. The van der Waals surface area contributed by atoms with E-state index in [2.05, 4.69) is 11.9 Å². The highest BCUT2D eigenvalue weighted by Crippen LogP contribution is 2.31. The minimum Gasteiger partial charge on any atom is -0.490 e. The van der Waals surface area contributed by atoms with Gasteiger partial charge in [0.25, 0.3) is 0 Å². The van der Waals surface area contributed by atoms with Crippen LogP contribution in [0.2, 0.25) is 0 Å². The lowest BCUT2D eigenvalue weighted by atomic mass is 10.2. The molecule has 0 saturated heterocycles. The van der Waals surface area contributed by atoms with Crippen molar-refractivity contribution in [3.63, 3.8) is 0 Å². The molecule has 1 aromatic rings. The van der Waals surface area contributed by atoms with E-state index < -0.39 is 0 Å². The van der Waals surface area contributed by atoms with Crippen molar-refractivity contribution in [1.29, 1.82) is 0 Å². The SMILES string of the molecule is C=C(Cl)COc1c(CNCCOC)cccc1OCC. The summed E-state index contributed by atoms with van der Waals surface area (Å²) in [6.07, 6.45) is 0. The van der Waals surface area contributed by atoms with Crippen molar-refractivity contribution in [2.45, 2.75) is 13.5 Å². The Morgan fingerprint density at radius 1 is 1.35 bits per heavy atom. The topological polar surface area (TPSA) is 39.7 Å². The third-order valence-corrected chi connectivity index (χ3v) is 2.64. The maximum Gasteiger partial charge on any atom is 0.166 e. The first-order chi connectivity index (χ1) is 9.69. The molecule has 0 aliphatic rings. The molecule has 1 aromatic carbocycles. The number of nitrogens with one attached hydrogen (secondary N) is 1. The third kappa shape index (κ3) is 5.82. The zero-order chi connectivity index (χ0) is 14.8. The molecule has 0 spiro atoms. The van der Waals surface area contributed by atoms with Crippen LogP contribution in [0, 0.1) is 0 Å². The third-order valence-electron chi connectivity index (χ3n) is 2.53. The fraction of sp³-hybridized carbons (Fsp3) is 0.467. The molecule has 0 bridgehead atoms. The fourth-order valence-corrected chi connectivity index (χ4v) is 1.74. The van der Waals surface area contributed by atoms with E-state index in [9.17, 15) is 0 Å². The summed E-state index contributed by atoms with van der Waals surface area (Å²) in [5, 5.41) is 3.74. The number of rotatable bonds is 10. The van der Waals surface area contributed by atoms with Crippen LogP contribution in [0.3, 0.4) is 0 Å². The number of hydrogen-bond donors (Lipinski definition) is 1. The summed E-state index contributed by atoms with van der Waals surface area (Å²) in [6.45, 7) is 8.53. The van der Waals surface area contributed by atoms with Crippen LogP contribution in [0.1, 0.15) is 12.5 Å². The summed E-state index contributed by atoms with van der Waals surface area (Å²) >= 11 is 5.76. The molecular weight excluding hydrogens is 278 g/mol. The highest BCUT2D eigenvalue weighted by atomic mass is 35.5. The van der Waals surface area contributed by atoms with Crippen molar-refractivity contribution < 1.29 is 14.2 Å². The van der Waals surface area contributed by atoms with Gasteiger partial charge >= 0.3 is 0 Å². The average Bonchev–Trinajstić information content (AvgIpc) is 2.43. The van der Waals surface area contributed by atoms with Gasteiger partial charge in [0.05, 0.1) is 13.2 Å². The minimum atomic E-state index is 0.261. The number of halogens is 1. The van der Waals surface area contributed by atoms with E-state index in [4.69, 9.17) is 25.8 Å². The Hall–Kier alpha value is -1.23. The summed E-state index contributed by atoms with van der Waals surface area (Å²) in [5.74, 6) is 1.43. The molecule has 5 heteroatoms. The lowest BCUT2D eigenvalue weighted by molar-refractivity contribution is 0.199. The lowest BCUT2D eigenvalue weighted by Gasteiger charge is -2.16. The van der Waals surface area contributed by atoms with Crippen molar-refractivity contribution in [3.05, 3.63) is 35.4 Å². The van der Waals surface area contributed by atoms with Crippen LogP contribution in [0.15, 0.2) is 29.8 Å². The van der Waals surface area contributed by atoms with E-state index in [1.807, 2.05) is 25.1 Å². The van der Waals surface area contributed by atoms with Gasteiger partial charge in [0.2, 0.25) is 0 Å². The van der Waals surface area contributed by atoms with E-state index in [0.717, 1.165) is 17.9 Å². The molecular formula is C15H22ClNO3. The highest BCUT2D eigenvalue weighted by Gasteiger charge is 2.11. The maximum atomic E-state index is 5.76. The predicted octanol–water partition coefficient (Wildman–Crippen LogP) is 2.95. The number of hydrogen-bond acceptors (Lipinski definition) is 4. The quantitative estimate of drug-likeness (QED) is 0.674. The molecule has 1 N–H and O–H groups in total. The summed E-state index contributed by atoms with van der Waals surface area (Å²) in [6, 6.07) is 5.82. The van der Waals surface area contributed by atoms with E-state index >= 15 is 0 Å². The molecule has 0 radical (unpaired) electrons. The van der Waals surface area contributed by atoms with Crippen LogP contribution >= 0.6 is 11.6 Å². The number of para-hydroxylation sites is 1. The molecule has 112 valence electrons. The van der Waals surface area contributed by atoms with Gasteiger partial charge in [-0.3, -0.25) is 0 Å². The van der Waals surface area contributed by atoms with E-state index in [-0.39, 0.29) is 6.61 Å². The molecule has 0 amide bonds. The first-order valence-electron chi connectivity index (χ1n) is 6.59. The smallest absolute Gasteiger partial charge is 0.166 e. The predicted molar refractivity (Wildman–Crippen MR) is 81.7 cm³/mol. The second kappa shape index (κ2) is 9.64. The van der Waals surface area contributed by atoms with Gasteiger partial charge in [0, 0.05) is 30.8 Å². The summed E-state index contributed by atoms with van der Waals surface area (Å²) in [5.41, 5.74) is 1.02. The standard InChI is InChI=1S/C15H22ClNO3/c1-4-19-14-7-5-6-13(10-17-8-9-18-3)15(14)20-11-12(2)16/h5-7,17H,2,4,8-11H2,1,3H3. The molecule has 0 heterocycles. The van der Waals surface area contributed by atoms with Crippen LogP contribution in [0.25, 0.3) is 0 Å². The van der Waals surface area contributed by atoms with Crippen molar-refractivity contribution in [1.82, 2.24) is 5.32 Å². The van der Waals surface area contributed by atoms with Crippen molar-refractivity contribution >= 4 is 11.6 Å². The fourth-order valence-electron chi connectivity index (χ4n) is 1.68. The highest BCUT2D eigenvalue weighted by molar-refractivity contribution is 6.29. The monoisotopic (exact) mass is 299 g/mol. The van der Waals surface area contributed by atoms with E-state index in [1.54, 1.807) is 7.11 Å². The molecule has 0 aromatic heterocycles. The molecule has 0 atom stereocenters. The molecule has 0 aliphatic heterocycles. The molecule has 4 nitrogen and oxygen atoms in total. The summed E-state index contributed by atoms with van der Waals surface area (Å²) < 4.78 is 16.3. The van der Waals surface area contributed by atoms with E-state index in [0.29, 0.717) is 30.5 Å². The second-order valence-corrected chi connectivity index (χ2v) is 4.69. The van der Waals surface area contributed by atoms with Gasteiger partial charge in [-0.15, -0.1) is 0 Å². The van der Waals surface area contributed by atoms with Crippen molar-refractivity contribution in [3.8, 4) is 11.5 Å². The zero-order valence-corrected chi connectivity index (χ0v) is 12.8. The largest absolute Gasteiger partial charge is 0.490 e. The molecule has 0 aliphatic carbocycles. The van der Waals surface area contributed by atoms with Gasteiger partial charge in [-0.25, -0.2) is 0 Å². The van der Waals surface area contributed by atoms with Crippen LogP contribution < -0.4 is 14.8 Å². The van der Waals surface area contributed by atoms with Gasteiger partial charge < -0.3 is 19.5 Å². The Labute approximate surface area is 125 Å². The lowest BCUT2D eigenvalue weighted by Crippen LogP contribution is -2.19. The zero-order valence-electron chi connectivity index (χ0n) is 12.1. The number of benzene rings is 1. The van der Waals surface area contributed by atoms with Gasteiger partial charge in [-0.2, -0.15) is 0 Å². The maximum absolute atomic E-state index is 5.76. The Balaban J connectivity index is 2.78. The Kier molecular flexibility index (Phi) is 8.11. The Bertz CT molecular complexity index is 424. The molecule has 20 heavy (non-hydrogen) atoms. The average molecular weight is 300 g/mol. The van der Waals surface area contributed by atoms with Crippen molar-refractivity contribution in [2.75, 3.05) is 33.5 Å². The summed E-state index contributed by atoms with van der Waals surface area (Å²) in [4.78, 5) is 0. The first kappa shape index (κ1) is 16.8. The van der Waals surface area contributed by atoms with Crippen LogP contribution in [-0.2, 0) is 11.3 Å². The van der Waals surface area contributed by atoms with Gasteiger partial charge in [0.15, 0.2) is 11.5 Å². The Morgan fingerprint density at radius 3 is 2.80 bits per heavy atom. The second-order valence-electron chi connectivity index (χ2n) is 4.15. The van der Waals surface area contributed by atoms with Gasteiger partial charge in [-0.05, 0) is 13.0 Å². The summed E-state index contributed by atoms with van der Waals surface area (Å²) in [7, 11) is 1.68. The van der Waals surface area contributed by atoms with Crippen molar-refractivity contribution in [2.24, 2.45) is 0 Å². The molecule has 1 rings (SSSR count). The minimum absolute atomic E-state index is 0.261. The van der Waals surface area contributed by atoms with Gasteiger partial charge in [-0.1, -0.05) is 30.3 Å². The van der Waals surface area contributed by atoms with E-state index in [1.165, 1.54) is 0 Å². The van der Waals surface area contributed by atoms with Crippen LogP contribution in [0.4, 0.5) is 0 Å². The van der Waals surface area contributed by atoms with Crippen LogP contribution in [-0.4, -0.2) is 33.5 Å². The van der Waals surface area contributed by atoms with Crippen LogP contribution in [0.5, 0.6) is 11.5 Å². The molecule has 0 unspecified atom stereocenters. The number of ether oxygens (including phenoxy) is 3. The molecule has 0 fully saturated rings. The normalized spacial score (nSPS) is 10.3.